The lowest BCUT2D eigenvalue weighted by atomic mass is 9.95. The zero-order chi connectivity index (χ0) is 16.3. The van der Waals surface area contributed by atoms with E-state index in [9.17, 15) is 13.2 Å². The van der Waals surface area contributed by atoms with Crippen molar-refractivity contribution >= 4 is 21.6 Å². The van der Waals surface area contributed by atoms with Crippen LogP contribution in [0.25, 0.3) is 0 Å². The fraction of sp³-hybridized carbons (Fsp3) is 0.562. The van der Waals surface area contributed by atoms with Crippen molar-refractivity contribution in [2.45, 2.75) is 50.8 Å². The van der Waals surface area contributed by atoms with E-state index in [4.69, 9.17) is 0 Å². The molecule has 1 aliphatic carbocycles. The number of anilines is 1. The maximum absolute atomic E-state index is 12.1. The Morgan fingerprint density at radius 1 is 1.23 bits per heavy atom. The second kappa shape index (κ2) is 6.69. The second-order valence-corrected chi connectivity index (χ2v) is 8.56. The van der Waals surface area contributed by atoms with E-state index in [0.29, 0.717) is 12.8 Å². The summed E-state index contributed by atoms with van der Waals surface area (Å²) in [4.78, 5) is 12.1. The van der Waals surface area contributed by atoms with Gasteiger partial charge in [0.1, 0.15) is 9.84 Å². The van der Waals surface area contributed by atoms with Crippen molar-refractivity contribution in [3.05, 3.63) is 29.3 Å². The number of benzene rings is 1. The molecule has 1 aromatic rings. The number of urea groups is 1. The molecule has 1 aromatic carbocycles. The van der Waals surface area contributed by atoms with Crippen molar-refractivity contribution in [3.63, 3.8) is 0 Å². The Bertz CT molecular complexity index is 655. The van der Waals surface area contributed by atoms with E-state index in [1.54, 1.807) is 0 Å². The molecule has 0 heterocycles. The Morgan fingerprint density at radius 3 is 2.59 bits per heavy atom. The van der Waals surface area contributed by atoms with Crippen LogP contribution < -0.4 is 10.6 Å². The van der Waals surface area contributed by atoms with Gasteiger partial charge in [0, 0.05) is 18.0 Å². The van der Waals surface area contributed by atoms with Gasteiger partial charge in [0.2, 0.25) is 0 Å². The van der Waals surface area contributed by atoms with Gasteiger partial charge in [-0.25, -0.2) is 13.2 Å². The number of amides is 2. The van der Waals surface area contributed by atoms with Gasteiger partial charge in [-0.1, -0.05) is 24.1 Å². The first-order chi connectivity index (χ1) is 10.3. The fourth-order valence-corrected chi connectivity index (χ4v) is 4.14. The molecular weight excluding hydrogens is 300 g/mol. The molecule has 2 unspecified atom stereocenters. The zero-order valence-electron chi connectivity index (χ0n) is 13.3. The molecule has 0 spiro atoms. The van der Waals surface area contributed by atoms with E-state index in [1.165, 1.54) is 6.26 Å². The second-order valence-electron chi connectivity index (χ2n) is 6.23. The molecule has 2 rings (SSSR count). The molecule has 2 N–H and O–H groups in total. The number of hydrogen-bond acceptors (Lipinski definition) is 3. The number of rotatable bonds is 3. The monoisotopic (exact) mass is 324 g/mol. The minimum atomic E-state index is -3.04. The maximum Gasteiger partial charge on any atom is 0.319 e. The molecule has 2 atom stereocenters. The highest BCUT2D eigenvalue weighted by atomic mass is 32.2. The number of carbonyl (C=O) groups excluding carboxylic acids is 1. The van der Waals surface area contributed by atoms with Gasteiger partial charge in [0.25, 0.3) is 0 Å². The van der Waals surface area contributed by atoms with Crippen molar-refractivity contribution in [2.24, 2.45) is 0 Å². The molecule has 0 bridgehead atoms. The number of aryl methyl sites for hydroxylation is 2. The standard InChI is InChI=1S/C16H24N2O3S/c1-11-7-8-15(12(2)9-11)18-16(19)17-13-5-4-6-14(10-13)22(3,20)21/h7-9,13-14H,4-6,10H2,1-3H3,(H2,17,18,19). The van der Waals surface area contributed by atoms with Gasteiger partial charge < -0.3 is 10.6 Å². The Balaban J connectivity index is 1.94. The summed E-state index contributed by atoms with van der Waals surface area (Å²) < 4.78 is 23.3. The van der Waals surface area contributed by atoms with E-state index in [2.05, 4.69) is 10.6 Å². The lowest BCUT2D eigenvalue weighted by molar-refractivity contribution is 0.244. The van der Waals surface area contributed by atoms with Crippen LogP contribution in [0.3, 0.4) is 0 Å². The van der Waals surface area contributed by atoms with Crippen molar-refractivity contribution in [3.8, 4) is 0 Å². The normalized spacial score (nSPS) is 22.1. The third-order valence-electron chi connectivity index (χ3n) is 4.20. The SMILES string of the molecule is Cc1ccc(NC(=O)NC2CCCC(S(C)(=O)=O)C2)c(C)c1. The average Bonchev–Trinajstić information content (AvgIpc) is 2.41. The zero-order valence-corrected chi connectivity index (χ0v) is 14.2. The van der Waals surface area contributed by atoms with Gasteiger partial charge in [0.15, 0.2) is 0 Å². The number of nitrogens with one attached hydrogen (secondary N) is 2. The summed E-state index contributed by atoms with van der Waals surface area (Å²) in [5.41, 5.74) is 2.93. The summed E-state index contributed by atoms with van der Waals surface area (Å²) in [6, 6.07) is 5.48. The Kier molecular flexibility index (Phi) is 5.11. The van der Waals surface area contributed by atoms with Crippen LogP contribution in [0.5, 0.6) is 0 Å². The largest absolute Gasteiger partial charge is 0.335 e. The third-order valence-corrected chi connectivity index (χ3v) is 5.84. The van der Waals surface area contributed by atoms with E-state index in [1.807, 2.05) is 32.0 Å². The van der Waals surface area contributed by atoms with Gasteiger partial charge in [0.05, 0.1) is 5.25 Å². The van der Waals surface area contributed by atoms with Crippen LogP contribution in [0, 0.1) is 13.8 Å². The molecule has 2 amide bonds. The Hall–Kier alpha value is -1.56. The highest BCUT2D eigenvalue weighted by Crippen LogP contribution is 2.24. The van der Waals surface area contributed by atoms with E-state index >= 15 is 0 Å². The van der Waals surface area contributed by atoms with Crippen LogP contribution in [0.1, 0.15) is 36.8 Å². The summed E-state index contributed by atoms with van der Waals surface area (Å²) in [6.07, 6.45) is 4.11. The quantitative estimate of drug-likeness (QED) is 0.897. The molecule has 0 aromatic heterocycles. The molecule has 0 aliphatic heterocycles. The van der Waals surface area contributed by atoms with Crippen LogP contribution >= 0.6 is 0 Å². The summed E-state index contributed by atoms with van der Waals surface area (Å²) in [5, 5.41) is 5.40. The van der Waals surface area contributed by atoms with Crippen LogP contribution in [-0.2, 0) is 9.84 Å². The van der Waals surface area contributed by atoms with Crippen molar-refractivity contribution in [2.75, 3.05) is 11.6 Å². The summed E-state index contributed by atoms with van der Waals surface area (Å²) in [6.45, 7) is 3.95. The summed E-state index contributed by atoms with van der Waals surface area (Å²) >= 11 is 0. The van der Waals surface area contributed by atoms with Crippen LogP contribution in [0.15, 0.2) is 18.2 Å². The Labute approximate surface area is 132 Å². The Morgan fingerprint density at radius 2 is 1.95 bits per heavy atom. The van der Waals surface area contributed by atoms with E-state index in [0.717, 1.165) is 29.7 Å². The van der Waals surface area contributed by atoms with Crippen LogP contribution in [-0.4, -0.2) is 32.0 Å². The molecule has 5 nitrogen and oxygen atoms in total. The van der Waals surface area contributed by atoms with Gasteiger partial charge >= 0.3 is 6.03 Å². The van der Waals surface area contributed by atoms with Crippen molar-refractivity contribution in [1.82, 2.24) is 5.32 Å². The fourth-order valence-electron chi connectivity index (χ4n) is 2.96. The molecular formula is C16H24N2O3S. The molecule has 122 valence electrons. The lowest BCUT2D eigenvalue weighted by Crippen LogP contribution is -2.43. The molecule has 22 heavy (non-hydrogen) atoms. The highest BCUT2D eigenvalue weighted by Gasteiger charge is 2.29. The summed E-state index contributed by atoms with van der Waals surface area (Å²) in [5.74, 6) is 0. The number of carbonyl (C=O) groups is 1. The first-order valence-electron chi connectivity index (χ1n) is 7.59. The molecule has 0 saturated heterocycles. The van der Waals surface area contributed by atoms with Gasteiger partial charge in [-0.3, -0.25) is 0 Å². The predicted molar refractivity (Wildman–Crippen MR) is 89.0 cm³/mol. The molecule has 1 fully saturated rings. The molecule has 1 aliphatic rings. The maximum atomic E-state index is 12.1. The number of hydrogen-bond donors (Lipinski definition) is 2. The van der Waals surface area contributed by atoms with Gasteiger partial charge in [-0.05, 0) is 44.7 Å². The molecule has 1 saturated carbocycles. The van der Waals surface area contributed by atoms with Crippen molar-refractivity contribution in [1.29, 1.82) is 0 Å². The van der Waals surface area contributed by atoms with Crippen molar-refractivity contribution < 1.29 is 13.2 Å². The first kappa shape index (κ1) is 16.8. The number of sulfone groups is 1. The van der Waals surface area contributed by atoms with Gasteiger partial charge in [-0.15, -0.1) is 0 Å². The lowest BCUT2D eigenvalue weighted by Gasteiger charge is -2.28. The molecule has 0 radical (unpaired) electrons. The third kappa shape index (κ3) is 4.47. The highest BCUT2D eigenvalue weighted by molar-refractivity contribution is 7.91. The first-order valence-corrected chi connectivity index (χ1v) is 9.55. The topological polar surface area (TPSA) is 75.3 Å². The smallest absolute Gasteiger partial charge is 0.319 e. The van der Waals surface area contributed by atoms with Crippen LogP contribution in [0.2, 0.25) is 0 Å². The minimum absolute atomic E-state index is 0.0840. The van der Waals surface area contributed by atoms with E-state index < -0.39 is 9.84 Å². The van der Waals surface area contributed by atoms with Crippen LogP contribution in [0.4, 0.5) is 10.5 Å². The average molecular weight is 324 g/mol. The van der Waals surface area contributed by atoms with E-state index in [-0.39, 0.29) is 17.3 Å². The molecule has 6 heteroatoms. The predicted octanol–water partition coefficient (Wildman–Crippen LogP) is 2.78. The minimum Gasteiger partial charge on any atom is -0.335 e. The van der Waals surface area contributed by atoms with Gasteiger partial charge in [-0.2, -0.15) is 0 Å². The summed E-state index contributed by atoms with van der Waals surface area (Å²) in [7, 11) is -3.04.